The molecule has 2 amide bonds. The van der Waals surface area contributed by atoms with Crippen LogP contribution in [0.5, 0.6) is 0 Å². The van der Waals surface area contributed by atoms with Crippen LogP contribution in [0.15, 0.2) is 28.8 Å². The molecular formula is C25H32N4O3. The molecule has 0 radical (unpaired) electrons. The molecule has 7 nitrogen and oxygen atoms in total. The van der Waals surface area contributed by atoms with E-state index in [2.05, 4.69) is 21.0 Å². The Bertz CT molecular complexity index is 1010. The summed E-state index contributed by atoms with van der Waals surface area (Å²) in [4.78, 5) is 32.3. The molecule has 1 spiro atoms. The Labute approximate surface area is 188 Å². The van der Waals surface area contributed by atoms with E-state index in [1.165, 1.54) is 12.8 Å². The molecule has 6 rings (SSSR count). The van der Waals surface area contributed by atoms with E-state index < -0.39 is 0 Å². The largest absolute Gasteiger partial charge is 0.354 e. The molecule has 1 saturated carbocycles. The number of imide groups is 1. The van der Waals surface area contributed by atoms with Crippen LogP contribution >= 0.6 is 0 Å². The number of hydrogen-bond acceptors (Lipinski definition) is 6. The Morgan fingerprint density at radius 3 is 2.59 bits per heavy atom. The summed E-state index contributed by atoms with van der Waals surface area (Å²) in [5, 5.41) is 5.43. The highest BCUT2D eigenvalue weighted by Gasteiger charge is 2.46. The van der Waals surface area contributed by atoms with Gasteiger partial charge in [-0.1, -0.05) is 30.1 Å². The van der Waals surface area contributed by atoms with Crippen LogP contribution in [0, 0.1) is 11.3 Å². The summed E-state index contributed by atoms with van der Waals surface area (Å²) < 4.78 is 5.52. The van der Waals surface area contributed by atoms with E-state index in [0.29, 0.717) is 31.3 Å². The molecule has 170 valence electrons. The van der Waals surface area contributed by atoms with Crippen molar-refractivity contribution in [3.63, 3.8) is 0 Å². The highest BCUT2D eigenvalue weighted by atomic mass is 16.5. The maximum Gasteiger partial charge on any atom is 0.229 e. The van der Waals surface area contributed by atoms with Crippen molar-refractivity contribution in [2.45, 2.75) is 57.4 Å². The molecule has 1 aromatic carbocycles. The molecule has 1 aliphatic carbocycles. The highest BCUT2D eigenvalue weighted by Crippen LogP contribution is 2.47. The number of carbonyl (C=O) groups is 2. The van der Waals surface area contributed by atoms with Gasteiger partial charge in [-0.2, -0.15) is 0 Å². The number of likely N-dealkylation sites (tertiary alicyclic amines) is 1. The van der Waals surface area contributed by atoms with Crippen molar-refractivity contribution in [1.82, 2.24) is 15.0 Å². The molecule has 7 heteroatoms. The van der Waals surface area contributed by atoms with Gasteiger partial charge in [-0.05, 0) is 49.1 Å². The first-order valence-electron chi connectivity index (χ1n) is 12.3. The molecule has 0 unspecified atom stereocenters. The van der Waals surface area contributed by atoms with Gasteiger partial charge >= 0.3 is 0 Å². The maximum atomic E-state index is 12.9. The van der Waals surface area contributed by atoms with Gasteiger partial charge in [0.05, 0.1) is 5.39 Å². The van der Waals surface area contributed by atoms with Gasteiger partial charge in [0.1, 0.15) is 0 Å². The van der Waals surface area contributed by atoms with Gasteiger partial charge in [0.15, 0.2) is 11.4 Å². The smallest absolute Gasteiger partial charge is 0.229 e. The molecule has 4 fully saturated rings. The highest BCUT2D eigenvalue weighted by molar-refractivity contribution is 5.98. The zero-order chi connectivity index (χ0) is 21.7. The zero-order valence-electron chi connectivity index (χ0n) is 18.7. The van der Waals surface area contributed by atoms with E-state index in [9.17, 15) is 9.59 Å². The molecule has 4 heterocycles. The van der Waals surface area contributed by atoms with Gasteiger partial charge < -0.3 is 9.42 Å². The third-order valence-electron chi connectivity index (χ3n) is 8.42. The lowest BCUT2D eigenvalue weighted by Gasteiger charge is -2.47. The minimum absolute atomic E-state index is 0.00997. The van der Waals surface area contributed by atoms with Crippen LogP contribution in [0.2, 0.25) is 0 Å². The number of aromatic nitrogens is 1. The van der Waals surface area contributed by atoms with Crippen molar-refractivity contribution < 1.29 is 14.1 Å². The summed E-state index contributed by atoms with van der Waals surface area (Å²) in [6, 6.07) is 8.53. The van der Waals surface area contributed by atoms with Gasteiger partial charge in [0.2, 0.25) is 11.8 Å². The van der Waals surface area contributed by atoms with Gasteiger partial charge in [-0.15, -0.1) is 0 Å². The molecule has 32 heavy (non-hydrogen) atoms. The quantitative estimate of drug-likeness (QED) is 0.687. The van der Waals surface area contributed by atoms with Gasteiger partial charge in [-0.25, -0.2) is 0 Å². The van der Waals surface area contributed by atoms with E-state index in [0.717, 1.165) is 68.6 Å². The number of piperidine rings is 2. The Morgan fingerprint density at radius 1 is 1.00 bits per heavy atom. The number of fused-ring (bicyclic) bond motifs is 2. The molecule has 0 N–H and O–H groups in total. The third kappa shape index (κ3) is 3.51. The predicted octanol–water partition coefficient (Wildman–Crippen LogP) is 3.44. The van der Waals surface area contributed by atoms with Crippen LogP contribution in [-0.4, -0.2) is 65.5 Å². The van der Waals surface area contributed by atoms with E-state index >= 15 is 0 Å². The number of para-hydroxylation sites is 1. The number of amides is 2. The van der Waals surface area contributed by atoms with Crippen molar-refractivity contribution >= 4 is 28.6 Å². The van der Waals surface area contributed by atoms with Crippen molar-refractivity contribution in [3.8, 4) is 0 Å². The second kappa shape index (κ2) is 7.87. The lowest BCUT2D eigenvalue weighted by molar-refractivity contribution is -0.154. The minimum atomic E-state index is -0.00997. The van der Waals surface area contributed by atoms with Crippen LogP contribution in [0.4, 0.5) is 5.82 Å². The van der Waals surface area contributed by atoms with Gasteiger partial charge in [0, 0.05) is 51.6 Å². The van der Waals surface area contributed by atoms with Gasteiger partial charge in [0.25, 0.3) is 0 Å². The van der Waals surface area contributed by atoms with E-state index in [-0.39, 0.29) is 17.2 Å². The number of carbonyl (C=O) groups excluding carboxylic acids is 2. The summed E-state index contributed by atoms with van der Waals surface area (Å²) in [6.45, 7) is 4.43. The van der Waals surface area contributed by atoms with Crippen LogP contribution in [0.25, 0.3) is 11.0 Å². The SMILES string of the molecule is O=C1CC2(CCCC2)CC(=O)N1C[C@@H]1CC[C@H]2CN(c3noc4ccccc34)CCN2C1. The van der Waals surface area contributed by atoms with E-state index in [1.807, 2.05) is 18.2 Å². The molecule has 4 aliphatic rings. The van der Waals surface area contributed by atoms with E-state index in [1.54, 1.807) is 4.90 Å². The first kappa shape index (κ1) is 20.2. The Balaban J connectivity index is 1.08. The number of nitrogens with zero attached hydrogens (tertiary/aromatic N) is 4. The molecule has 3 aliphatic heterocycles. The summed E-state index contributed by atoms with van der Waals surface area (Å²) >= 11 is 0. The first-order valence-corrected chi connectivity index (χ1v) is 12.3. The van der Waals surface area contributed by atoms with Crippen molar-refractivity contribution in [3.05, 3.63) is 24.3 Å². The standard InChI is InChI=1S/C25H32N4O3/c30-22-13-25(9-3-4-10-25)14-23(31)29(22)16-18-7-8-19-17-28(12-11-27(19)15-18)24-20-5-1-2-6-21(20)32-26-24/h1-2,5-6,18-19H,3-4,7-17H2/t18-,19+/m1/s1. The number of hydrogen-bond donors (Lipinski definition) is 0. The second-order valence-electron chi connectivity index (χ2n) is 10.5. The Morgan fingerprint density at radius 2 is 1.78 bits per heavy atom. The minimum Gasteiger partial charge on any atom is -0.354 e. The fraction of sp³-hybridized carbons (Fsp3) is 0.640. The normalized spacial score (nSPS) is 28.6. The molecule has 1 aromatic heterocycles. The van der Waals surface area contributed by atoms with E-state index in [4.69, 9.17) is 4.52 Å². The first-order chi connectivity index (χ1) is 15.6. The zero-order valence-corrected chi connectivity index (χ0v) is 18.7. The average molecular weight is 437 g/mol. The molecule has 3 saturated heterocycles. The maximum absolute atomic E-state index is 12.9. The summed E-state index contributed by atoms with van der Waals surface area (Å²) in [7, 11) is 0. The predicted molar refractivity (Wildman–Crippen MR) is 121 cm³/mol. The molecule has 0 bridgehead atoms. The third-order valence-corrected chi connectivity index (χ3v) is 8.42. The topological polar surface area (TPSA) is 69.9 Å². The molecule has 2 atom stereocenters. The van der Waals surface area contributed by atoms with Gasteiger partial charge in [-0.3, -0.25) is 19.4 Å². The monoisotopic (exact) mass is 436 g/mol. The lowest BCUT2D eigenvalue weighted by Crippen LogP contribution is -2.58. The van der Waals surface area contributed by atoms with Crippen LogP contribution in [-0.2, 0) is 9.59 Å². The summed E-state index contributed by atoms with van der Waals surface area (Å²) in [5.41, 5.74) is 0.827. The number of anilines is 1. The summed E-state index contributed by atoms with van der Waals surface area (Å²) in [5.74, 6) is 1.49. The number of piperazine rings is 1. The van der Waals surface area contributed by atoms with Crippen LogP contribution in [0.1, 0.15) is 51.4 Å². The molecular weight excluding hydrogens is 404 g/mol. The van der Waals surface area contributed by atoms with Crippen LogP contribution < -0.4 is 4.90 Å². The fourth-order valence-electron chi connectivity index (χ4n) is 6.67. The van der Waals surface area contributed by atoms with Crippen molar-refractivity contribution in [2.75, 3.05) is 37.6 Å². The Kier molecular flexibility index (Phi) is 4.97. The average Bonchev–Trinajstić information content (AvgIpc) is 3.43. The fourth-order valence-corrected chi connectivity index (χ4v) is 6.67. The van der Waals surface area contributed by atoms with Crippen molar-refractivity contribution in [2.24, 2.45) is 11.3 Å². The number of benzene rings is 1. The molecule has 2 aromatic rings. The van der Waals surface area contributed by atoms with Crippen LogP contribution in [0.3, 0.4) is 0 Å². The summed E-state index contributed by atoms with van der Waals surface area (Å²) in [6.07, 6.45) is 7.76. The lowest BCUT2D eigenvalue weighted by atomic mass is 9.76. The Hall–Kier alpha value is -2.41. The van der Waals surface area contributed by atoms with Crippen molar-refractivity contribution in [1.29, 1.82) is 0 Å². The second-order valence-corrected chi connectivity index (χ2v) is 10.5. The number of rotatable bonds is 3.